The van der Waals surface area contributed by atoms with Crippen LogP contribution >= 0.6 is 21.6 Å². The Morgan fingerprint density at radius 1 is 0.440 bits per heavy atom. The summed E-state index contributed by atoms with van der Waals surface area (Å²) < 4.78 is 24.3. The lowest BCUT2D eigenvalue weighted by molar-refractivity contribution is -0.197. The number of nitrogens with zero attached hydrogens (tertiary/aromatic N) is 6. The Balaban J connectivity index is 0.000000440. The predicted molar refractivity (Wildman–Crippen MR) is 368 cm³/mol. The molecule has 8 rings (SSSR count). The molecule has 0 atom stereocenters. The van der Waals surface area contributed by atoms with Crippen molar-refractivity contribution in [1.82, 2.24) is 30.3 Å². The van der Waals surface area contributed by atoms with Crippen LogP contribution in [0.1, 0.15) is 207 Å². The SMILES string of the molecule is CC(=O)CCC(=O)ON1C(=O)CCC1=O.CC(=O)OC1C(=O)CCC1=O.CC(=O)OCC(COC(C)=O)OCCCC(=O)ON1C(=O)CCC1=O.CC(=O)c1ccc(OC(=O)ON2C(=O)CCC2=O)cc1.CCCC(=O)ON1C(=O)CCC1=O.CCCCC(=O)ON1C(=O)CCC1=O.CCCSSc1ccccn1. The van der Waals surface area contributed by atoms with E-state index in [1.807, 2.05) is 49.0 Å². The van der Waals surface area contributed by atoms with Crippen molar-refractivity contribution in [3.8, 4) is 5.75 Å². The Bertz CT molecular complexity index is 3510. The maximum Gasteiger partial charge on any atom is 0.539 e. The zero-order valence-electron chi connectivity index (χ0n) is 61.2. The minimum absolute atomic E-state index is 0.0133. The molecule has 109 heavy (non-hydrogen) atoms. The van der Waals surface area contributed by atoms with Crippen molar-refractivity contribution in [2.45, 2.75) is 214 Å². The van der Waals surface area contributed by atoms with E-state index < -0.39 is 119 Å². The molecule has 0 N–H and O–H groups in total. The quantitative estimate of drug-likeness (QED) is 0.0140. The first-order valence-electron chi connectivity index (χ1n) is 34.0. The normalized spacial score (nSPS) is 15.0. The lowest BCUT2D eigenvalue weighted by atomic mass is 10.1. The van der Waals surface area contributed by atoms with Gasteiger partial charge in [-0.1, -0.05) is 49.1 Å². The van der Waals surface area contributed by atoms with Crippen molar-refractivity contribution in [2.24, 2.45) is 0 Å². The van der Waals surface area contributed by atoms with Crippen molar-refractivity contribution >= 4 is 152 Å². The third-order valence-corrected chi connectivity index (χ3v) is 16.1. The summed E-state index contributed by atoms with van der Waals surface area (Å²) in [7, 11) is 3.61. The van der Waals surface area contributed by atoms with Gasteiger partial charge in [0.25, 0.3) is 59.1 Å². The number of carbonyl (C=O) groups is 22. The van der Waals surface area contributed by atoms with E-state index in [4.69, 9.17) is 23.8 Å². The number of unbranched alkanes of at least 4 members (excludes halogenated alkanes) is 1. The maximum absolute atomic E-state index is 11.6. The summed E-state index contributed by atoms with van der Waals surface area (Å²) in [4.78, 5) is 270. The molecular formula is C69H86N6O32S2. The van der Waals surface area contributed by atoms with Gasteiger partial charge in [0.05, 0.1) is 12.8 Å². The van der Waals surface area contributed by atoms with Crippen LogP contribution in [0.3, 0.4) is 0 Å². The number of benzene rings is 1. The molecule has 6 aliphatic rings. The fraction of sp³-hybridized carbons (Fsp3) is 0.522. The number of aromatic nitrogens is 1. The van der Waals surface area contributed by atoms with Crippen LogP contribution in [0, 0.1) is 0 Å². The number of hydrogen-bond acceptors (Lipinski definition) is 35. The molecule has 2 aromatic rings. The molecule has 5 aliphatic heterocycles. The van der Waals surface area contributed by atoms with Crippen molar-refractivity contribution in [3.05, 3.63) is 54.2 Å². The molecule has 0 spiro atoms. The summed E-state index contributed by atoms with van der Waals surface area (Å²) in [5.41, 5.74) is 0.468. The smallest absolute Gasteiger partial charge is 0.463 e. The number of Topliss-reactive ketones (excluding diaryl/α,β-unsaturated/α-hetero) is 4. The number of pyridine rings is 1. The van der Waals surface area contributed by atoms with Crippen LogP contribution < -0.4 is 4.74 Å². The van der Waals surface area contributed by atoms with Crippen LogP contribution in [0.5, 0.6) is 5.75 Å². The highest BCUT2D eigenvalue weighted by molar-refractivity contribution is 8.76. The van der Waals surface area contributed by atoms with Crippen LogP contribution in [0.15, 0.2) is 53.7 Å². The molecule has 6 heterocycles. The van der Waals surface area contributed by atoms with Crippen LogP contribution in [0.4, 0.5) is 4.79 Å². The Kier molecular flexibility index (Phi) is 44.2. The lowest BCUT2D eigenvalue weighted by Gasteiger charge is -2.17. The molecule has 0 bridgehead atoms. The summed E-state index contributed by atoms with van der Waals surface area (Å²) in [6.45, 7) is 12.3. The fourth-order valence-corrected chi connectivity index (χ4v) is 10.2. The van der Waals surface area contributed by atoms with Crippen molar-refractivity contribution < 1.29 is 153 Å². The van der Waals surface area contributed by atoms with Crippen molar-refractivity contribution in [3.63, 3.8) is 0 Å². The van der Waals surface area contributed by atoms with Gasteiger partial charge in [0, 0.05) is 141 Å². The number of ketones is 4. The number of carbonyl (C=O) groups excluding carboxylic acids is 22. The highest BCUT2D eigenvalue weighted by Crippen LogP contribution is 2.29. The summed E-state index contributed by atoms with van der Waals surface area (Å²) in [5.74, 6) is -8.64. The monoisotopic (exact) mass is 1570 g/mol. The molecule has 1 aromatic heterocycles. The zero-order chi connectivity index (χ0) is 81.7. The summed E-state index contributed by atoms with van der Waals surface area (Å²) in [6.07, 6.45) is 4.05. The second-order valence-electron chi connectivity index (χ2n) is 23.0. The van der Waals surface area contributed by atoms with Gasteiger partial charge in [-0.2, -0.15) is 0 Å². The number of hydrogen-bond donors (Lipinski definition) is 0. The Labute approximate surface area is 632 Å². The van der Waals surface area contributed by atoms with Gasteiger partial charge < -0.3 is 47.8 Å². The number of esters is 3. The highest BCUT2D eigenvalue weighted by Gasteiger charge is 2.38. The molecule has 5 saturated heterocycles. The highest BCUT2D eigenvalue weighted by atomic mass is 33.1. The Morgan fingerprint density at radius 3 is 1.18 bits per heavy atom. The van der Waals surface area contributed by atoms with Crippen LogP contribution in [-0.4, -0.2) is 198 Å². The molecule has 1 aromatic carbocycles. The van der Waals surface area contributed by atoms with Crippen LogP contribution in [0.2, 0.25) is 0 Å². The fourth-order valence-electron chi connectivity index (χ4n) is 8.23. The van der Waals surface area contributed by atoms with E-state index in [9.17, 15) is 105 Å². The second kappa shape index (κ2) is 51.3. The molecule has 6 fully saturated rings. The first kappa shape index (κ1) is 94.1. The maximum atomic E-state index is 11.6. The first-order chi connectivity index (χ1) is 51.6. The minimum atomic E-state index is -1.19. The number of amides is 10. The van der Waals surface area contributed by atoms with Gasteiger partial charge in [-0.25, -0.2) is 29.0 Å². The van der Waals surface area contributed by atoms with Gasteiger partial charge in [-0.05, 0) is 86.7 Å². The third-order valence-electron chi connectivity index (χ3n) is 13.7. The molecule has 0 unspecified atom stereocenters. The summed E-state index contributed by atoms with van der Waals surface area (Å²) >= 11 is 0. The van der Waals surface area contributed by atoms with Gasteiger partial charge in [0.1, 0.15) is 35.9 Å². The summed E-state index contributed by atoms with van der Waals surface area (Å²) in [5, 5.41) is 3.60. The molecule has 1 aliphatic carbocycles. The van der Waals surface area contributed by atoms with Gasteiger partial charge in [0.15, 0.2) is 17.3 Å². The number of imide groups is 5. The van der Waals surface area contributed by atoms with E-state index in [0.29, 0.717) is 43.7 Å². The molecule has 38 nitrogen and oxygen atoms in total. The van der Waals surface area contributed by atoms with E-state index in [-0.39, 0.29) is 164 Å². The predicted octanol–water partition coefficient (Wildman–Crippen LogP) is 5.58. The second-order valence-corrected chi connectivity index (χ2v) is 25.5. The molecule has 1 saturated carbocycles. The molecular weight excluding hydrogens is 1490 g/mol. The van der Waals surface area contributed by atoms with E-state index in [2.05, 4.69) is 36.0 Å². The van der Waals surface area contributed by atoms with Gasteiger partial charge in [-0.15, -0.1) is 20.3 Å². The number of hydroxylamine groups is 10. The lowest BCUT2D eigenvalue weighted by Crippen LogP contribution is -2.33. The van der Waals surface area contributed by atoms with E-state index >= 15 is 0 Å². The van der Waals surface area contributed by atoms with Crippen molar-refractivity contribution in [2.75, 3.05) is 25.6 Å². The molecule has 0 radical (unpaired) electrons. The van der Waals surface area contributed by atoms with Crippen LogP contribution in [0.25, 0.3) is 0 Å². The van der Waals surface area contributed by atoms with E-state index in [0.717, 1.165) is 11.4 Å². The van der Waals surface area contributed by atoms with E-state index in [1.54, 1.807) is 10.8 Å². The third kappa shape index (κ3) is 38.4. The number of rotatable bonds is 29. The molecule has 40 heteroatoms. The first-order valence-corrected chi connectivity index (χ1v) is 36.4. The van der Waals surface area contributed by atoms with Crippen LogP contribution in [-0.2, 0) is 139 Å². The van der Waals surface area contributed by atoms with Gasteiger partial charge in [-0.3, -0.25) is 81.6 Å². The standard InChI is InChI=1S/C15H21NO9.C13H11NO6.C9H11NO5.C9H13NO4.C8H11NO4.C8H11NS2.C7H8O4/c1-10(17)23-8-12(9-24-11(2)18)22-7-3-4-15(21)25-16-13(19)5-6-14(16)20;1-8(15)9-2-4-10(5-3-9)19-13(18)20-14-11(16)6-7-12(14)17;1-6(11)2-5-9(14)15-10-7(12)3-4-8(10)13;1-2-3-4-9(13)14-10-7(11)5-6-8(10)12;1-2-3-8(12)13-9-6(10)4-5-7(9)11;1-2-7-10-11-8-5-3-4-6-9-8;1-4(8)11-7-5(9)2-3-6(7)10/h12H,3-9H2,1-2H3;2-5H,6-7H2,1H3;2-5H2,1H3;2-6H2,1H3;2-5H2,1H3;3-6H,2,7H2,1H3;7H,2-3H2,1H3. The van der Waals surface area contributed by atoms with Gasteiger partial charge >= 0.3 is 47.9 Å². The van der Waals surface area contributed by atoms with E-state index in [1.165, 1.54) is 71.1 Å². The minimum Gasteiger partial charge on any atom is -0.463 e. The summed E-state index contributed by atoms with van der Waals surface area (Å²) in [6, 6.07) is 11.8. The average molecular weight is 1580 g/mol. The largest absolute Gasteiger partial charge is 0.539 e. The Morgan fingerprint density at radius 2 is 0.835 bits per heavy atom. The topological polar surface area (TPSA) is 497 Å². The molecule has 10 amide bonds. The average Bonchev–Trinajstić information content (AvgIpc) is 1.77. The number of ether oxygens (including phenoxy) is 5. The molecule has 596 valence electrons. The van der Waals surface area contributed by atoms with Gasteiger partial charge in [0.2, 0.25) is 6.10 Å². The zero-order valence-corrected chi connectivity index (χ0v) is 62.9. The Hall–Kier alpha value is -11.0. The van der Waals surface area contributed by atoms with Crippen molar-refractivity contribution in [1.29, 1.82) is 0 Å².